The normalized spacial score (nSPS) is 14.1. The molecule has 0 heterocycles. The first-order valence-electron chi connectivity index (χ1n) is 7.44. The number of nitrogens with one attached hydrogen (secondary N) is 1. The molecule has 0 fully saturated rings. The number of benzene rings is 2. The maximum absolute atomic E-state index is 12.6. The van der Waals surface area contributed by atoms with Gasteiger partial charge in [0.05, 0.1) is 16.1 Å². The third-order valence-electron chi connectivity index (χ3n) is 4.03. The lowest BCUT2D eigenvalue weighted by Gasteiger charge is -2.20. The number of carbonyl (C=O) groups is 1. The Hall–Kier alpha value is -2.34. The smallest absolute Gasteiger partial charge is 0.335 e. The second kappa shape index (κ2) is 6.04. The first-order chi connectivity index (χ1) is 11.0. The van der Waals surface area contributed by atoms with Crippen molar-refractivity contribution in [3.63, 3.8) is 0 Å². The average molecular weight is 331 g/mol. The molecule has 23 heavy (non-hydrogen) atoms. The van der Waals surface area contributed by atoms with Gasteiger partial charge >= 0.3 is 5.97 Å². The molecule has 2 N–H and O–H groups in total. The molecule has 3 rings (SSSR count). The van der Waals surface area contributed by atoms with Gasteiger partial charge in [0.2, 0.25) is 0 Å². The van der Waals surface area contributed by atoms with Gasteiger partial charge in [-0.3, -0.25) is 4.72 Å². The van der Waals surface area contributed by atoms with Crippen LogP contribution in [0.2, 0.25) is 0 Å². The van der Waals surface area contributed by atoms with E-state index in [1.807, 2.05) is 12.1 Å². The van der Waals surface area contributed by atoms with Gasteiger partial charge in [0.15, 0.2) is 0 Å². The fourth-order valence-electron chi connectivity index (χ4n) is 2.88. The quantitative estimate of drug-likeness (QED) is 0.902. The van der Waals surface area contributed by atoms with E-state index in [9.17, 15) is 13.2 Å². The van der Waals surface area contributed by atoms with Gasteiger partial charge < -0.3 is 5.11 Å². The third-order valence-corrected chi connectivity index (χ3v) is 5.39. The predicted octanol–water partition coefficient (Wildman–Crippen LogP) is 3.06. The van der Waals surface area contributed by atoms with Crippen LogP contribution in [-0.2, 0) is 22.9 Å². The minimum atomic E-state index is -3.82. The van der Waals surface area contributed by atoms with Crippen LogP contribution in [0.5, 0.6) is 0 Å². The van der Waals surface area contributed by atoms with Crippen LogP contribution in [0, 0.1) is 0 Å². The molecule has 0 atom stereocenters. The monoisotopic (exact) mass is 331 g/mol. The highest BCUT2D eigenvalue weighted by atomic mass is 32.2. The van der Waals surface area contributed by atoms with Crippen molar-refractivity contribution in [2.24, 2.45) is 0 Å². The second-order valence-electron chi connectivity index (χ2n) is 5.59. The van der Waals surface area contributed by atoms with Gasteiger partial charge in [0.25, 0.3) is 10.0 Å². The fraction of sp³-hybridized carbons (Fsp3) is 0.235. The lowest BCUT2D eigenvalue weighted by Crippen LogP contribution is -2.16. The minimum Gasteiger partial charge on any atom is -0.478 e. The molecule has 0 radical (unpaired) electrons. The number of carboxylic acid groups (broad SMARTS) is 1. The van der Waals surface area contributed by atoms with E-state index in [2.05, 4.69) is 4.72 Å². The Morgan fingerprint density at radius 2 is 1.78 bits per heavy atom. The molecule has 0 amide bonds. The summed E-state index contributed by atoms with van der Waals surface area (Å²) in [6, 6.07) is 11.0. The molecule has 2 aromatic rings. The standard InChI is InChI=1S/C17H17NO4S/c19-17(20)13-7-3-8-14(11-13)23(21,22)18-16-10-4-6-12-5-1-2-9-15(12)16/h3-4,6-8,10-11,18H,1-2,5,9H2,(H,19,20). The first-order valence-corrected chi connectivity index (χ1v) is 8.92. The topological polar surface area (TPSA) is 83.5 Å². The highest BCUT2D eigenvalue weighted by Gasteiger charge is 2.20. The zero-order valence-electron chi connectivity index (χ0n) is 12.5. The molecule has 6 heteroatoms. The van der Waals surface area contributed by atoms with Gasteiger partial charge in [-0.05, 0) is 61.1 Å². The highest BCUT2D eigenvalue weighted by molar-refractivity contribution is 7.92. The summed E-state index contributed by atoms with van der Waals surface area (Å²) in [6.07, 6.45) is 3.96. The molecule has 5 nitrogen and oxygen atoms in total. The molecule has 0 saturated carbocycles. The molecule has 2 aromatic carbocycles. The Bertz CT molecular complexity index is 859. The number of rotatable bonds is 4. The van der Waals surface area contributed by atoms with Crippen LogP contribution < -0.4 is 4.72 Å². The van der Waals surface area contributed by atoms with Crippen molar-refractivity contribution in [2.45, 2.75) is 30.6 Å². The summed E-state index contributed by atoms with van der Waals surface area (Å²) in [5.74, 6) is -1.15. The van der Waals surface area contributed by atoms with Crippen LogP contribution in [0.25, 0.3) is 0 Å². The molecule has 1 aliphatic carbocycles. The maximum Gasteiger partial charge on any atom is 0.335 e. The summed E-state index contributed by atoms with van der Waals surface area (Å²) in [5.41, 5.74) is 2.75. The largest absolute Gasteiger partial charge is 0.478 e. The lowest BCUT2D eigenvalue weighted by molar-refractivity contribution is 0.0696. The van der Waals surface area contributed by atoms with Crippen molar-refractivity contribution in [2.75, 3.05) is 4.72 Å². The number of hydrogen-bond acceptors (Lipinski definition) is 3. The summed E-state index contributed by atoms with van der Waals surface area (Å²) in [6.45, 7) is 0. The molecule has 0 bridgehead atoms. The highest BCUT2D eigenvalue weighted by Crippen LogP contribution is 2.29. The van der Waals surface area contributed by atoms with E-state index in [0.717, 1.165) is 31.2 Å². The van der Waals surface area contributed by atoms with Crippen molar-refractivity contribution < 1.29 is 18.3 Å². The molecule has 0 aliphatic heterocycles. The third kappa shape index (κ3) is 3.22. The molecule has 0 aromatic heterocycles. The van der Waals surface area contributed by atoms with Crippen molar-refractivity contribution in [3.05, 3.63) is 59.2 Å². The van der Waals surface area contributed by atoms with Crippen LogP contribution in [0.3, 0.4) is 0 Å². The van der Waals surface area contributed by atoms with Crippen molar-refractivity contribution >= 4 is 21.7 Å². The van der Waals surface area contributed by atoms with Crippen molar-refractivity contribution in [3.8, 4) is 0 Å². The number of anilines is 1. The Kier molecular flexibility index (Phi) is 4.09. The van der Waals surface area contributed by atoms with Crippen LogP contribution in [0.1, 0.15) is 34.3 Å². The fourth-order valence-corrected chi connectivity index (χ4v) is 4.02. The molecule has 0 unspecified atom stereocenters. The molecule has 1 aliphatic rings. The predicted molar refractivity (Wildman–Crippen MR) is 87.3 cm³/mol. The summed E-state index contributed by atoms with van der Waals surface area (Å²) in [4.78, 5) is 11.0. The maximum atomic E-state index is 12.6. The molecule has 0 spiro atoms. The van der Waals surface area contributed by atoms with Gasteiger partial charge in [-0.25, -0.2) is 13.2 Å². The summed E-state index contributed by atoms with van der Waals surface area (Å²) in [7, 11) is -3.82. The zero-order valence-corrected chi connectivity index (χ0v) is 13.3. The number of hydrogen-bond donors (Lipinski definition) is 2. The molecule has 0 saturated heterocycles. The SMILES string of the molecule is O=C(O)c1cccc(S(=O)(=O)Nc2cccc3c2CCCC3)c1. The van der Waals surface area contributed by atoms with Gasteiger partial charge in [0, 0.05) is 0 Å². The summed E-state index contributed by atoms with van der Waals surface area (Å²) >= 11 is 0. The minimum absolute atomic E-state index is 0.0502. The summed E-state index contributed by atoms with van der Waals surface area (Å²) < 4.78 is 27.7. The van der Waals surface area contributed by atoms with Crippen LogP contribution in [-0.4, -0.2) is 19.5 Å². The van der Waals surface area contributed by atoms with E-state index >= 15 is 0 Å². The Balaban J connectivity index is 1.96. The Morgan fingerprint density at radius 1 is 1.04 bits per heavy atom. The molecular weight excluding hydrogens is 314 g/mol. The number of carboxylic acids is 1. The van der Waals surface area contributed by atoms with E-state index in [-0.39, 0.29) is 10.5 Å². The molecular formula is C17H17NO4S. The van der Waals surface area contributed by atoms with E-state index in [1.165, 1.54) is 29.8 Å². The van der Waals surface area contributed by atoms with Gasteiger partial charge in [-0.15, -0.1) is 0 Å². The van der Waals surface area contributed by atoms with Crippen molar-refractivity contribution in [1.29, 1.82) is 0 Å². The number of aryl methyl sites for hydroxylation is 1. The van der Waals surface area contributed by atoms with E-state index in [0.29, 0.717) is 5.69 Å². The average Bonchev–Trinajstić information content (AvgIpc) is 2.55. The molecule has 120 valence electrons. The van der Waals surface area contributed by atoms with Crippen LogP contribution >= 0.6 is 0 Å². The van der Waals surface area contributed by atoms with Gasteiger partial charge in [-0.2, -0.15) is 0 Å². The van der Waals surface area contributed by atoms with Crippen LogP contribution in [0.15, 0.2) is 47.4 Å². The lowest BCUT2D eigenvalue weighted by atomic mass is 9.91. The zero-order chi connectivity index (χ0) is 16.4. The number of fused-ring (bicyclic) bond motifs is 1. The number of aromatic carboxylic acids is 1. The Labute approximate surface area is 135 Å². The second-order valence-corrected chi connectivity index (χ2v) is 7.27. The van der Waals surface area contributed by atoms with Gasteiger partial charge in [0.1, 0.15) is 0 Å². The number of sulfonamides is 1. The van der Waals surface area contributed by atoms with E-state index in [1.54, 1.807) is 6.07 Å². The van der Waals surface area contributed by atoms with Crippen molar-refractivity contribution in [1.82, 2.24) is 0 Å². The van der Waals surface area contributed by atoms with E-state index < -0.39 is 16.0 Å². The summed E-state index contributed by atoms with van der Waals surface area (Å²) in [5, 5.41) is 9.01. The van der Waals surface area contributed by atoms with E-state index in [4.69, 9.17) is 5.11 Å². The van der Waals surface area contributed by atoms with Gasteiger partial charge in [-0.1, -0.05) is 18.2 Å². The first kappa shape index (κ1) is 15.6. The Morgan fingerprint density at radius 3 is 2.57 bits per heavy atom. The van der Waals surface area contributed by atoms with Crippen LogP contribution in [0.4, 0.5) is 5.69 Å².